The van der Waals surface area contributed by atoms with E-state index in [2.05, 4.69) is 24.1 Å². The highest BCUT2D eigenvalue weighted by Crippen LogP contribution is 2.06. The van der Waals surface area contributed by atoms with Gasteiger partial charge in [0.1, 0.15) is 0 Å². The average molecular weight is 230 g/mol. The Labute approximate surface area is 104 Å². The van der Waals surface area contributed by atoms with Gasteiger partial charge in [-0.05, 0) is 45.4 Å². The minimum Gasteiger partial charge on any atom is -0.314 e. The lowest BCUT2D eigenvalue weighted by atomic mass is 10.3. The highest BCUT2D eigenvalue weighted by Gasteiger charge is 2.09. The van der Waals surface area contributed by atoms with Gasteiger partial charge < -0.3 is 10.2 Å². The summed E-state index contributed by atoms with van der Waals surface area (Å²) in [5.74, 6) is 0. The molecule has 0 bridgehead atoms. The lowest BCUT2D eigenvalue weighted by Gasteiger charge is -2.15. The van der Waals surface area contributed by atoms with Crippen molar-refractivity contribution in [3.05, 3.63) is 0 Å². The van der Waals surface area contributed by atoms with Crippen molar-refractivity contribution in [2.45, 2.75) is 66.8 Å². The molecule has 0 aromatic heterocycles. The summed E-state index contributed by atoms with van der Waals surface area (Å²) in [4.78, 5) is 2.57. The first kappa shape index (κ1) is 18.3. The van der Waals surface area contributed by atoms with E-state index in [4.69, 9.17) is 0 Å². The lowest BCUT2D eigenvalue weighted by Crippen LogP contribution is -2.28. The van der Waals surface area contributed by atoms with Crippen molar-refractivity contribution in [2.75, 3.05) is 26.2 Å². The molecule has 1 N–H and O–H groups in total. The van der Waals surface area contributed by atoms with Gasteiger partial charge >= 0.3 is 0 Å². The van der Waals surface area contributed by atoms with E-state index >= 15 is 0 Å². The monoisotopic (exact) mass is 230 g/mol. The molecule has 0 saturated carbocycles. The van der Waals surface area contributed by atoms with E-state index in [1.54, 1.807) is 0 Å². The van der Waals surface area contributed by atoms with Gasteiger partial charge in [0.25, 0.3) is 0 Å². The number of nitrogens with zero attached hydrogens (tertiary/aromatic N) is 1. The van der Waals surface area contributed by atoms with Crippen molar-refractivity contribution in [2.24, 2.45) is 0 Å². The third-order valence-electron chi connectivity index (χ3n) is 2.40. The van der Waals surface area contributed by atoms with Crippen LogP contribution in [0.1, 0.15) is 60.8 Å². The van der Waals surface area contributed by atoms with Crippen LogP contribution in [0, 0.1) is 0 Å². The molecule has 0 spiro atoms. The zero-order valence-electron chi connectivity index (χ0n) is 12.5. The molecule has 0 aromatic rings. The number of hydrogen-bond donors (Lipinski definition) is 1. The molecule has 1 aliphatic heterocycles. The summed E-state index contributed by atoms with van der Waals surface area (Å²) in [6, 6.07) is 0.642. The van der Waals surface area contributed by atoms with Crippen LogP contribution in [0.2, 0.25) is 0 Å². The molecular formula is C14H34N2. The first-order chi connectivity index (χ1) is 7.79. The van der Waals surface area contributed by atoms with Crippen LogP contribution < -0.4 is 5.32 Å². The Bertz CT molecular complexity index is 107. The SMILES string of the molecule is CC.CC.CC(C)NCCCN1CCCC1. The fraction of sp³-hybridized carbons (Fsp3) is 1.00. The van der Waals surface area contributed by atoms with Gasteiger partial charge in [-0.15, -0.1) is 0 Å². The Morgan fingerprint density at radius 2 is 1.50 bits per heavy atom. The number of hydrogen-bond acceptors (Lipinski definition) is 2. The molecule has 1 heterocycles. The van der Waals surface area contributed by atoms with Crippen molar-refractivity contribution in [3.8, 4) is 0 Å². The molecule has 0 radical (unpaired) electrons. The summed E-state index contributed by atoms with van der Waals surface area (Å²) in [7, 11) is 0. The molecule has 0 aromatic carbocycles. The first-order valence-corrected chi connectivity index (χ1v) is 7.25. The highest BCUT2D eigenvalue weighted by molar-refractivity contribution is 4.66. The Morgan fingerprint density at radius 1 is 1.00 bits per heavy atom. The van der Waals surface area contributed by atoms with Crippen LogP contribution in [-0.2, 0) is 0 Å². The molecule has 1 rings (SSSR count). The summed E-state index contributed by atoms with van der Waals surface area (Å²) in [6.45, 7) is 17.5. The molecule has 1 saturated heterocycles. The summed E-state index contributed by atoms with van der Waals surface area (Å²) < 4.78 is 0. The molecule has 100 valence electrons. The lowest BCUT2D eigenvalue weighted by molar-refractivity contribution is 0.329. The zero-order valence-corrected chi connectivity index (χ0v) is 12.5. The van der Waals surface area contributed by atoms with Gasteiger partial charge in [-0.25, -0.2) is 0 Å². The van der Waals surface area contributed by atoms with Gasteiger partial charge in [0.05, 0.1) is 0 Å². The van der Waals surface area contributed by atoms with Crippen LogP contribution in [-0.4, -0.2) is 37.1 Å². The Balaban J connectivity index is 0. The second-order valence-electron chi connectivity index (χ2n) is 4.01. The van der Waals surface area contributed by atoms with Gasteiger partial charge in [-0.1, -0.05) is 41.5 Å². The van der Waals surface area contributed by atoms with Crippen LogP contribution in [0.4, 0.5) is 0 Å². The van der Waals surface area contributed by atoms with Crippen molar-refractivity contribution < 1.29 is 0 Å². The third kappa shape index (κ3) is 12.0. The van der Waals surface area contributed by atoms with Crippen molar-refractivity contribution in [1.29, 1.82) is 0 Å². The van der Waals surface area contributed by atoms with Crippen LogP contribution >= 0.6 is 0 Å². The number of rotatable bonds is 5. The van der Waals surface area contributed by atoms with E-state index in [1.807, 2.05) is 27.7 Å². The standard InChI is InChI=1S/C10H22N2.2C2H6/c1-10(2)11-6-5-9-12-7-3-4-8-12;2*1-2/h10-11H,3-9H2,1-2H3;2*1-2H3. The quantitative estimate of drug-likeness (QED) is 0.727. The molecule has 1 aliphatic rings. The second kappa shape index (κ2) is 14.9. The molecule has 2 nitrogen and oxygen atoms in total. The van der Waals surface area contributed by atoms with Crippen LogP contribution in [0.15, 0.2) is 0 Å². The first-order valence-electron chi connectivity index (χ1n) is 7.25. The maximum atomic E-state index is 3.44. The van der Waals surface area contributed by atoms with E-state index in [9.17, 15) is 0 Å². The van der Waals surface area contributed by atoms with Crippen molar-refractivity contribution in [1.82, 2.24) is 10.2 Å². The van der Waals surface area contributed by atoms with Crippen molar-refractivity contribution in [3.63, 3.8) is 0 Å². The molecule has 2 heteroatoms. The largest absolute Gasteiger partial charge is 0.314 e. The van der Waals surface area contributed by atoms with E-state index in [0.717, 1.165) is 0 Å². The third-order valence-corrected chi connectivity index (χ3v) is 2.40. The Morgan fingerprint density at radius 3 is 1.94 bits per heavy atom. The van der Waals surface area contributed by atoms with Gasteiger partial charge in [-0.3, -0.25) is 0 Å². The van der Waals surface area contributed by atoms with Crippen LogP contribution in [0.5, 0.6) is 0 Å². The normalized spacial score (nSPS) is 15.2. The van der Waals surface area contributed by atoms with E-state index in [-0.39, 0.29) is 0 Å². The Hall–Kier alpha value is -0.0800. The maximum absolute atomic E-state index is 3.44. The van der Waals surface area contributed by atoms with Gasteiger partial charge in [0.15, 0.2) is 0 Å². The van der Waals surface area contributed by atoms with Gasteiger partial charge in [0.2, 0.25) is 0 Å². The van der Waals surface area contributed by atoms with Crippen molar-refractivity contribution >= 4 is 0 Å². The molecular weight excluding hydrogens is 196 g/mol. The van der Waals surface area contributed by atoms with Gasteiger partial charge in [0, 0.05) is 6.04 Å². The predicted octanol–water partition coefficient (Wildman–Crippen LogP) is 3.52. The predicted molar refractivity (Wildman–Crippen MR) is 76.1 cm³/mol. The topological polar surface area (TPSA) is 15.3 Å². The summed E-state index contributed by atoms with van der Waals surface area (Å²) in [6.07, 6.45) is 4.13. The van der Waals surface area contributed by atoms with E-state index in [1.165, 1.54) is 45.4 Å². The molecule has 0 amide bonds. The summed E-state index contributed by atoms with van der Waals surface area (Å²) in [5.41, 5.74) is 0. The fourth-order valence-corrected chi connectivity index (χ4v) is 1.70. The molecule has 1 fully saturated rings. The average Bonchev–Trinajstić information content (AvgIpc) is 2.83. The number of nitrogens with one attached hydrogen (secondary N) is 1. The van der Waals surface area contributed by atoms with Crippen LogP contribution in [0.3, 0.4) is 0 Å². The molecule has 0 atom stereocenters. The zero-order chi connectivity index (χ0) is 12.8. The molecule has 0 aliphatic carbocycles. The highest BCUT2D eigenvalue weighted by atomic mass is 15.1. The van der Waals surface area contributed by atoms with E-state index < -0.39 is 0 Å². The summed E-state index contributed by atoms with van der Waals surface area (Å²) in [5, 5.41) is 3.44. The molecule has 0 unspecified atom stereocenters. The second-order valence-corrected chi connectivity index (χ2v) is 4.01. The fourth-order valence-electron chi connectivity index (χ4n) is 1.70. The minimum atomic E-state index is 0.642. The van der Waals surface area contributed by atoms with E-state index in [0.29, 0.717) is 6.04 Å². The van der Waals surface area contributed by atoms with Crippen LogP contribution in [0.25, 0.3) is 0 Å². The Kier molecular flexibility index (Phi) is 17.1. The smallest absolute Gasteiger partial charge is 0.00103 e. The minimum absolute atomic E-state index is 0.642. The van der Waals surface area contributed by atoms with Gasteiger partial charge in [-0.2, -0.15) is 0 Å². The molecule has 16 heavy (non-hydrogen) atoms. The summed E-state index contributed by atoms with van der Waals surface area (Å²) >= 11 is 0. The maximum Gasteiger partial charge on any atom is 0.00103 e. The number of likely N-dealkylation sites (tertiary alicyclic amines) is 1.